The van der Waals surface area contributed by atoms with Crippen molar-refractivity contribution in [1.82, 2.24) is 0 Å². The van der Waals surface area contributed by atoms with Gasteiger partial charge in [0.15, 0.2) is 0 Å². The molecule has 0 unspecified atom stereocenters. The van der Waals surface area contributed by atoms with Crippen LogP contribution in [0.4, 0.5) is 0 Å². The van der Waals surface area contributed by atoms with Crippen LogP contribution in [0.15, 0.2) is 70.5 Å². The minimum absolute atomic E-state index is 0.0994. The fourth-order valence-corrected chi connectivity index (χ4v) is 4.32. The van der Waals surface area contributed by atoms with E-state index in [1.807, 2.05) is 36.4 Å². The second-order valence-corrected chi connectivity index (χ2v) is 7.87. The number of benzene rings is 3. The fourth-order valence-electron chi connectivity index (χ4n) is 2.54. The van der Waals surface area contributed by atoms with Crippen molar-refractivity contribution in [3.8, 4) is 5.75 Å². The maximum absolute atomic E-state index is 10.1. The lowest BCUT2D eigenvalue weighted by Gasteiger charge is -2.11. The van der Waals surface area contributed by atoms with E-state index in [9.17, 15) is 5.11 Å². The van der Waals surface area contributed by atoms with Gasteiger partial charge in [-0.3, -0.25) is 0 Å². The Morgan fingerprint density at radius 2 is 1.36 bits per heavy atom. The molecule has 3 aromatic rings. The highest BCUT2D eigenvalue weighted by Crippen LogP contribution is 2.36. The Morgan fingerprint density at radius 1 is 0.720 bits per heavy atom. The highest BCUT2D eigenvalue weighted by molar-refractivity contribution is 7.99. The minimum Gasteiger partial charge on any atom is -0.506 e. The number of hydrogen-bond donors (Lipinski definition) is 1. The molecule has 1 nitrogen and oxygen atoms in total. The number of aromatic hydroxyl groups is 1. The van der Waals surface area contributed by atoms with Gasteiger partial charge < -0.3 is 5.11 Å². The third kappa shape index (κ3) is 4.65. The van der Waals surface area contributed by atoms with Crippen LogP contribution in [-0.4, -0.2) is 5.11 Å². The predicted molar refractivity (Wildman–Crippen MR) is 108 cm³/mol. The molecular formula is C20H15Cl3OS. The van der Waals surface area contributed by atoms with E-state index in [2.05, 4.69) is 12.1 Å². The van der Waals surface area contributed by atoms with Crippen LogP contribution >= 0.6 is 46.6 Å². The lowest BCUT2D eigenvalue weighted by molar-refractivity contribution is 0.468. The summed E-state index contributed by atoms with van der Waals surface area (Å²) in [7, 11) is 0. The molecule has 0 saturated heterocycles. The summed E-state index contributed by atoms with van der Waals surface area (Å²) in [4.78, 5) is 2.16. The Morgan fingerprint density at radius 3 is 2.12 bits per heavy atom. The third-order valence-electron chi connectivity index (χ3n) is 3.80. The van der Waals surface area contributed by atoms with E-state index in [-0.39, 0.29) is 10.8 Å². The molecule has 1 N–H and O–H groups in total. The number of halogens is 3. The van der Waals surface area contributed by atoms with Crippen LogP contribution in [0.1, 0.15) is 11.1 Å². The van der Waals surface area contributed by atoms with Gasteiger partial charge in [0.1, 0.15) is 5.75 Å². The molecule has 0 spiro atoms. The molecule has 0 saturated carbocycles. The molecule has 3 rings (SSSR count). The Balaban J connectivity index is 1.81. The van der Waals surface area contributed by atoms with Crippen molar-refractivity contribution >= 4 is 46.6 Å². The van der Waals surface area contributed by atoms with Gasteiger partial charge in [0.25, 0.3) is 0 Å². The first kappa shape index (κ1) is 18.5. The average molecular weight is 410 g/mol. The van der Waals surface area contributed by atoms with E-state index < -0.39 is 0 Å². The molecule has 0 aromatic heterocycles. The molecule has 5 heteroatoms. The number of phenolic OH excluding ortho intramolecular Hbond substituents is 1. The summed E-state index contributed by atoms with van der Waals surface area (Å²) in [6, 6.07) is 19.3. The molecule has 0 heterocycles. The molecular weight excluding hydrogens is 395 g/mol. The molecule has 0 aliphatic carbocycles. The highest BCUT2D eigenvalue weighted by atomic mass is 35.5. The van der Waals surface area contributed by atoms with Crippen LogP contribution in [-0.2, 0) is 12.8 Å². The Hall–Kier alpha value is -1.32. The molecule has 0 radical (unpaired) electrons. The standard InChI is InChI=1S/C20H15Cl3OS/c21-15-11-14(20(24)17(23)12-15)10-9-13-5-1-3-7-18(13)25-19-8-4-2-6-16(19)22/h1-8,11-12,24H,9-10H2. The molecule has 0 aliphatic rings. The zero-order valence-electron chi connectivity index (χ0n) is 13.2. The summed E-state index contributed by atoms with van der Waals surface area (Å²) in [5.41, 5.74) is 1.93. The first-order valence-corrected chi connectivity index (χ1v) is 9.67. The zero-order chi connectivity index (χ0) is 17.8. The third-order valence-corrected chi connectivity index (χ3v) is 5.94. The topological polar surface area (TPSA) is 20.2 Å². The van der Waals surface area contributed by atoms with E-state index in [0.717, 1.165) is 26.8 Å². The molecule has 0 fully saturated rings. The lowest BCUT2D eigenvalue weighted by Crippen LogP contribution is -1.95. The summed E-state index contributed by atoms with van der Waals surface area (Å²) in [5.74, 6) is 0.0994. The van der Waals surface area contributed by atoms with Gasteiger partial charge >= 0.3 is 0 Å². The average Bonchev–Trinajstić information content (AvgIpc) is 2.60. The van der Waals surface area contributed by atoms with Crippen LogP contribution in [0.25, 0.3) is 0 Å². The SMILES string of the molecule is Oc1c(Cl)cc(Cl)cc1CCc1ccccc1Sc1ccccc1Cl. The van der Waals surface area contributed by atoms with Crippen LogP contribution in [0.3, 0.4) is 0 Å². The molecule has 128 valence electrons. The van der Waals surface area contributed by atoms with E-state index in [1.54, 1.807) is 23.9 Å². The van der Waals surface area contributed by atoms with Crippen molar-refractivity contribution in [2.45, 2.75) is 22.6 Å². The van der Waals surface area contributed by atoms with Crippen molar-refractivity contribution < 1.29 is 5.11 Å². The van der Waals surface area contributed by atoms with Gasteiger partial charge in [-0.2, -0.15) is 0 Å². The molecule has 3 aromatic carbocycles. The van der Waals surface area contributed by atoms with Crippen molar-refractivity contribution in [2.24, 2.45) is 0 Å². The van der Waals surface area contributed by atoms with Crippen LogP contribution < -0.4 is 0 Å². The summed E-state index contributed by atoms with van der Waals surface area (Å²) in [6.07, 6.45) is 1.41. The first-order chi connectivity index (χ1) is 12.0. The first-order valence-electron chi connectivity index (χ1n) is 7.72. The smallest absolute Gasteiger partial charge is 0.137 e. The van der Waals surface area contributed by atoms with Crippen molar-refractivity contribution in [3.63, 3.8) is 0 Å². The van der Waals surface area contributed by atoms with Gasteiger partial charge in [0.2, 0.25) is 0 Å². The largest absolute Gasteiger partial charge is 0.506 e. The van der Waals surface area contributed by atoms with Gasteiger partial charge in [-0.1, -0.05) is 76.9 Å². The number of hydrogen-bond acceptors (Lipinski definition) is 2. The van der Waals surface area contributed by atoms with Gasteiger partial charge in [-0.25, -0.2) is 0 Å². The van der Waals surface area contributed by atoms with E-state index in [0.29, 0.717) is 11.4 Å². The number of rotatable bonds is 5. The fraction of sp³-hybridized carbons (Fsp3) is 0.100. The van der Waals surface area contributed by atoms with Crippen LogP contribution in [0.2, 0.25) is 15.1 Å². The van der Waals surface area contributed by atoms with Crippen molar-refractivity contribution in [1.29, 1.82) is 0 Å². The van der Waals surface area contributed by atoms with E-state index >= 15 is 0 Å². The Bertz CT molecular complexity index is 896. The molecule has 0 aliphatic heterocycles. The van der Waals surface area contributed by atoms with Crippen molar-refractivity contribution in [2.75, 3.05) is 0 Å². The van der Waals surface area contributed by atoms with Gasteiger partial charge in [-0.15, -0.1) is 0 Å². The molecule has 25 heavy (non-hydrogen) atoms. The molecule has 0 bridgehead atoms. The lowest BCUT2D eigenvalue weighted by atomic mass is 10.0. The maximum Gasteiger partial charge on any atom is 0.137 e. The quantitative estimate of drug-likeness (QED) is 0.477. The summed E-state index contributed by atoms with van der Waals surface area (Å²) in [5, 5.41) is 11.7. The Labute approximate surface area is 166 Å². The van der Waals surface area contributed by atoms with Crippen LogP contribution in [0, 0.1) is 0 Å². The predicted octanol–water partition coefficient (Wildman–Crippen LogP) is 7.29. The zero-order valence-corrected chi connectivity index (χ0v) is 16.3. The minimum atomic E-state index is 0.0994. The van der Waals surface area contributed by atoms with Crippen molar-refractivity contribution in [3.05, 3.63) is 86.9 Å². The van der Waals surface area contributed by atoms with E-state index in [1.165, 1.54) is 5.56 Å². The van der Waals surface area contributed by atoms with Gasteiger partial charge in [0.05, 0.1) is 10.0 Å². The highest BCUT2D eigenvalue weighted by Gasteiger charge is 2.11. The second kappa shape index (κ2) is 8.37. The van der Waals surface area contributed by atoms with Gasteiger partial charge in [-0.05, 0) is 54.3 Å². The normalized spacial score (nSPS) is 10.8. The monoisotopic (exact) mass is 408 g/mol. The number of phenols is 1. The number of aryl methyl sites for hydroxylation is 2. The molecule has 0 atom stereocenters. The summed E-state index contributed by atoms with van der Waals surface area (Å²) in [6.45, 7) is 0. The Kier molecular flexibility index (Phi) is 6.19. The summed E-state index contributed by atoms with van der Waals surface area (Å²) >= 11 is 20.0. The van der Waals surface area contributed by atoms with Gasteiger partial charge in [0, 0.05) is 14.8 Å². The molecule has 0 amide bonds. The van der Waals surface area contributed by atoms with E-state index in [4.69, 9.17) is 34.8 Å². The second-order valence-electron chi connectivity index (χ2n) is 5.54. The summed E-state index contributed by atoms with van der Waals surface area (Å²) < 4.78 is 0. The maximum atomic E-state index is 10.1. The van der Waals surface area contributed by atoms with Crippen LogP contribution in [0.5, 0.6) is 5.75 Å².